The number of anilines is 1. The average Bonchev–Trinajstić information content (AvgIpc) is 3.28. The fourth-order valence-electron chi connectivity index (χ4n) is 2.97. The lowest BCUT2D eigenvalue weighted by Gasteiger charge is -2.37. The number of rotatable bonds is 4. The van der Waals surface area contributed by atoms with E-state index in [1.165, 1.54) is 6.07 Å². The second-order valence-electron chi connectivity index (χ2n) is 6.44. The summed E-state index contributed by atoms with van der Waals surface area (Å²) in [6, 6.07) is 5.21. The van der Waals surface area contributed by atoms with Crippen molar-refractivity contribution >= 4 is 11.6 Å². The van der Waals surface area contributed by atoms with Crippen LogP contribution in [0.4, 0.5) is 10.1 Å². The molecule has 1 aromatic carbocycles. The molecule has 120 valence electrons. The van der Waals surface area contributed by atoms with E-state index >= 15 is 0 Å². The number of nitrogens with one attached hydrogen (secondary N) is 1. The molecule has 1 aromatic rings. The molecule has 0 unspecified atom stereocenters. The molecule has 1 amide bonds. The molecule has 22 heavy (non-hydrogen) atoms. The van der Waals surface area contributed by atoms with Crippen molar-refractivity contribution in [1.29, 1.82) is 0 Å². The van der Waals surface area contributed by atoms with Gasteiger partial charge in [-0.15, -0.1) is 0 Å². The fraction of sp³-hybridized carbons (Fsp3) is 0.588. The summed E-state index contributed by atoms with van der Waals surface area (Å²) in [4.78, 5) is 13.7. The summed E-state index contributed by atoms with van der Waals surface area (Å²) < 4.78 is 20.1. The van der Waals surface area contributed by atoms with Crippen LogP contribution in [0.3, 0.4) is 0 Å². The standard InChI is InChI=1S/C17H23FN2O2/c1-11-9-20(10-12(2)22-11)16-6-3-13(7-15(16)18)8-19-17(21)14-4-5-14/h3,6-7,11-12,14H,4-5,8-10H2,1-2H3,(H,19,21)/t11-,12+. The summed E-state index contributed by atoms with van der Waals surface area (Å²) in [6.07, 6.45) is 2.15. The highest BCUT2D eigenvalue weighted by Crippen LogP contribution is 2.29. The van der Waals surface area contributed by atoms with Gasteiger partial charge in [-0.1, -0.05) is 6.07 Å². The lowest BCUT2D eigenvalue weighted by molar-refractivity contribution is -0.122. The first-order chi connectivity index (χ1) is 10.5. The predicted octanol–water partition coefficient (Wildman–Crippen LogP) is 2.47. The molecule has 2 aliphatic rings. The number of ether oxygens (including phenoxy) is 1. The topological polar surface area (TPSA) is 41.6 Å². The van der Waals surface area contributed by atoms with Crippen molar-refractivity contribution in [3.8, 4) is 0 Å². The minimum Gasteiger partial charge on any atom is -0.372 e. The Morgan fingerprint density at radius 2 is 2.00 bits per heavy atom. The Kier molecular flexibility index (Phi) is 4.34. The monoisotopic (exact) mass is 306 g/mol. The summed E-state index contributed by atoms with van der Waals surface area (Å²) in [5.41, 5.74) is 1.41. The summed E-state index contributed by atoms with van der Waals surface area (Å²) in [7, 11) is 0. The van der Waals surface area contributed by atoms with E-state index in [1.807, 2.05) is 24.8 Å². The number of carbonyl (C=O) groups is 1. The first-order valence-electron chi connectivity index (χ1n) is 7.99. The molecule has 5 heteroatoms. The summed E-state index contributed by atoms with van der Waals surface area (Å²) in [6.45, 7) is 5.78. The summed E-state index contributed by atoms with van der Waals surface area (Å²) in [5, 5.41) is 2.86. The maximum absolute atomic E-state index is 14.4. The van der Waals surface area contributed by atoms with Crippen LogP contribution in [0.25, 0.3) is 0 Å². The molecule has 1 saturated heterocycles. The van der Waals surface area contributed by atoms with Gasteiger partial charge in [-0.05, 0) is 44.4 Å². The van der Waals surface area contributed by atoms with Crippen LogP contribution >= 0.6 is 0 Å². The van der Waals surface area contributed by atoms with Crippen molar-refractivity contribution in [3.63, 3.8) is 0 Å². The lowest BCUT2D eigenvalue weighted by atomic mass is 10.1. The fourth-order valence-corrected chi connectivity index (χ4v) is 2.97. The van der Waals surface area contributed by atoms with Gasteiger partial charge in [0.15, 0.2) is 0 Å². The Labute approximate surface area is 130 Å². The number of hydrogen-bond donors (Lipinski definition) is 1. The van der Waals surface area contributed by atoms with Crippen molar-refractivity contribution in [1.82, 2.24) is 5.32 Å². The smallest absolute Gasteiger partial charge is 0.223 e. The van der Waals surface area contributed by atoms with E-state index in [0.717, 1.165) is 18.4 Å². The van der Waals surface area contributed by atoms with Crippen LogP contribution in [0, 0.1) is 11.7 Å². The quantitative estimate of drug-likeness (QED) is 0.929. The van der Waals surface area contributed by atoms with Crippen molar-refractivity contribution < 1.29 is 13.9 Å². The van der Waals surface area contributed by atoms with E-state index in [9.17, 15) is 9.18 Å². The third kappa shape index (κ3) is 3.58. The van der Waals surface area contributed by atoms with Crippen molar-refractivity contribution in [2.45, 2.75) is 45.4 Å². The molecular weight excluding hydrogens is 283 g/mol. The molecule has 1 saturated carbocycles. The normalized spacial score (nSPS) is 25.1. The SMILES string of the molecule is C[C@@H]1CN(c2ccc(CNC(=O)C3CC3)cc2F)C[C@H](C)O1. The number of halogens is 1. The van der Waals surface area contributed by atoms with E-state index in [-0.39, 0.29) is 29.9 Å². The Morgan fingerprint density at radius 1 is 1.32 bits per heavy atom. The van der Waals surface area contributed by atoms with E-state index < -0.39 is 0 Å². The highest BCUT2D eigenvalue weighted by Gasteiger charge is 2.29. The number of carbonyl (C=O) groups excluding carboxylic acids is 1. The molecular formula is C17H23FN2O2. The molecule has 1 aliphatic carbocycles. The van der Waals surface area contributed by atoms with Crippen LogP contribution in [0.2, 0.25) is 0 Å². The highest BCUT2D eigenvalue weighted by atomic mass is 19.1. The summed E-state index contributed by atoms with van der Waals surface area (Å²) in [5.74, 6) is 0.0280. The van der Waals surface area contributed by atoms with E-state index in [4.69, 9.17) is 4.74 Å². The molecule has 2 fully saturated rings. The average molecular weight is 306 g/mol. The molecule has 3 rings (SSSR count). The molecule has 0 spiro atoms. The third-order valence-electron chi connectivity index (χ3n) is 4.19. The van der Waals surface area contributed by atoms with Gasteiger partial charge < -0.3 is 15.0 Å². The van der Waals surface area contributed by atoms with Gasteiger partial charge in [-0.3, -0.25) is 4.79 Å². The number of morpholine rings is 1. The zero-order valence-electron chi connectivity index (χ0n) is 13.1. The minimum atomic E-state index is -0.237. The Balaban J connectivity index is 1.64. The maximum Gasteiger partial charge on any atom is 0.223 e. The van der Waals surface area contributed by atoms with Crippen molar-refractivity contribution in [2.24, 2.45) is 5.92 Å². The van der Waals surface area contributed by atoms with E-state index in [1.54, 1.807) is 6.07 Å². The van der Waals surface area contributed by atoms with Gasteiger partial charge in [0.05, 0.1) is 17.9 Å². The Morgan fingerprint density at radius 3 is 2.59 bits per heavy atom. The van der Waals surface area contributed by atoms with Crippen LogP contribution in [0.15, 0.2) is 18.2 Å². The van der Waals surface area contributed by atoms with Crippen LogP contribution in [-0.2, 0) is 16.1 Å². The molecule has 0 radical (unpaired) electrons. The number of benzene rings is 1. The molecule has 2 atom stereocenters. The maximum atomic E-state index is 14.4. The van der Waals surface area contributed by atoms with Crippen LogP contribution in [0.1, 0.15) is 32.3 Å². The van der Waals surface area contributed by atoms with Gasteiger partial charge in [0.25, 0.3) is 0 Å². The third-order valence-corrected chi connectivity index (χ3v) is 4.19. The predicted molar refractivity (Wildman–Crippen MR) is 83.2 cm³/mol. The lowest BCUT2D eigenvalue weighted by Crippen LogP contribution is -2.45. The molecule has 1 N–H and O–H groups in total. The minimum absolute atomic E-state index is 0.0836. The zero-order chi connectivity index (χ0) is 15.7. The van der Waals surface area contributed by atoms with Gasteiger partial charge >= 0.3 is 0 Å². The van der Waals surface area contributed by atoms with Gasteiger partial charge in [-0.2, -0.15) is 0 Å². The van der Waals surface area contributed by atoms with E-state index in [2.05, 4.69) is 5.32 Å². The van der Waals surface area contributed by atoms with Crippen molar-refractivity contribution in [3.05, 3.63) is 29.6 Å². The second kappa shape index (κ2) is 6.24. The highest BCUT2D eigenvalue weighted by molar-refractivity contribution is 5.80. The molecule has 0 bridgehead atoms. The Hall–Kier alpha value is -1.62. The molecule has 1 heterocycles. The van der Waals surface area contributed by atoms with E-state index in [0.29, 0.717) is 25.3 Å². The van der Waals surface area contributed by atoms with Gasteiger partial charge in [0, 0.05) is 25.6 Å². The first kappa shape index (κ1) is 15.3. The number of nitrogens with zero attached hydrogens (tertiary/aromatic N) is 1. The van der Waals surface area contributed by atoms with Gasteiger partial charge in [0.2, 0.25) is 5.91 Å². The molecule has 4 nitrogen and oxygen atoms in total. The number of amides is 1. The zero-order valence-corrected chi connectivity index (χ0v) is 13.1. The van der Waals surface area contributed by atoms with Gasteiger partial charge in [0.1, 0.15) is 5.82 Å². The second-order valence-corrected chi connectivity index (χ2v) is 6.44. The van der Waals surface area contributed by atoms with Crippen LogP contribution in [0.5, 0.6) is 0 Å². The van der Waals surface area contributed by atoms with Crippen molar-refractivity contribution in [2.75, 3.05) is 18.0 Å². The number of hydrogen-bond acceptors (Lipinski definition) is 3. The molecule has 0 aromatic heterocycles. The van der Waals surface area contributed by atoms with Gasteiger partial charge in [-0.25, -0.2) is 4.39 Å². The Bertz CT molecular complexity index is 550. The first-order valence-corrected chi connectivity index (χ1v) is 7.99. The van der Waals surface area contributed by atoms with Crippen LogP contribution in [-0.4, -0.2) is 31.2 Å². The largest absolute Gasteiger partial charge is 0.372 e. The summed E-state index contributed by atoms with van der Waals surface area (Å²) >= 11 is 0. The molecule has 1 aliphatic heterocycles. The van der Waals surface area contributed by atoms with Crippen LogP contribution < -0.4 is 10.2 Å².